The average molecular weight is 370 g/mol. The molecule has 0 unspecified atom stereocenters. The van der Waals surface area contributed by atoms with Gasteiger partial charge in [0.2, 0.25) is 15.9 Å². The van der Waals surface area contributed by atoms with E-state index in [1.165, 1.54) is 22.7 Å². The number of rotatable bonds is 3. The van der Waals surface area contributed by atoms with Crippen molar-refractivity contribution >= 4 is 15.9 Å². The SMILES string of the molecule is CS(=O)(=O)N1CCC2(CC1)CN(C(=O)Cc1cccc(F)c1)CCO2. The topological polar surface area (TPSA) is 66.9 Å². The minimum Gasteiger partial charge on any atom is -0.371 e. The zero-order valence-corrected chi connectivity index (χ0v) is 15.1. The number of ether oxygens (including phenoxy) is 1. The molecule has 1 amide bonds. The van der Waals surface area contributed by atoms with E-state index in [4.69, 9.17) is 4.74 Å². The van der Waals surface area contributed by atoms with Crippen LogP contribution in [0.15, 0.2) is 24.3 Å². The largest absolute Gasteiger partial charge is 0.371 e. The predicted octanol–water partition coefficient (Wildman–Crippen LogP) is 1.02. The van der Waals surface area contributed by atoms with E-state index in [-0.39, 0.29) is 18.1 Å². The molecule has 0 bridgehead atoms. The predicted molar refractivity (Wildman–Crippen MR) is 91.0 cm³/mol. The van der Waals surface area contributed by atoms with Crippen molar-refractivity contribution in [1.82, 2.24) is 9.21 Å². The molecule has 1 spiro atoms. The third kappa shape index (κ3) is 4.37. The Labute approximate surface area is 147 Å². The second kappa shape index (κ2) is 7.01. The van der Waals surface area contributed by atoms with E-state index >= 15 is 0 Å². The summed E-state index contributed by atoms with van der Waals surface area (Å²) in [6, 6.07) is 6.06. The number of benzene rings is 1. The average Bonchev–Trinajstić information content (AvgIpc) is 2.54. The van der Waals surface area contributed by atoms with E-state index in [2.05, 4.69) is 0 Å². The number of carbonyl (C=O) groups is 1. The Morgan fingerprint density at radius 3 is 2.64 bits per heavy atom. The lowest BCUT2D eigenvalue weighted by atomic mass is 9.90. The summed E-state index contributed by atoms with van der Waals surface area (Å²) >= 11 is 0. The maximum Gasteiger partial charge on any atom is 0.227 e. The van der Waals surface area contributed by atoms with Gasteiger partial charge in [0.15, 0.2) is 0 Å². The zero-order chi connectivity index (χ0) is 18.1. The smallest absolute Gasteiger partial charge is 0.227 e. The highest BCUT2D eigenvalue weighted by atomic mass is 32.2. The Balaban J connectivity index is 1.62. The molecule has 8 heteroatoms. The number of hydrogen-bond donors (Lipinski definition) is 0. The van der Waals surface area contributed by atoms with Gasteiger partial charge in [-0.1, -0.05) is 12.1 Å². The highest BCUT2D eigenvalue weighted by Crippen LogP contribution is 2.31. The van der Waals surface area contributed by atoms with E-state index in [0.717, 1.165) is 0 Å². The van der Waals surface area contributed by atoms with Gasteiger partial charge in [0.25, 0.3) is 0 Å². The first-order valence-corrected chi connectivity index (χ1v) is 10.2. The molecular formula is C17H23FN2O4S. The summed E-state index contributed by atoms with van der Waals surface area (Å²) in [6.07, 6.45) is 2.51. The van der Waals surface area contributed by atoms with Crippen molar-refractivity contribution in [3.05, 3.63) is 35.6 Å². The molecule has 0 aromatic heterocycles. The molecule has 2 aliphatic heterocycles. The van der Waals surface area contributed by atoms with E-state index in [9.17, 15) is 17.6 Å². The van der Waals surface area contributed by atoms with Gasteiger partial charge in [-0.05, 0) is 30.5 Å². The first kappa shape index (κ1) is 18.3. The molecule has 6 nitrogen and oxygen atoms in total. The van der Waals surface area contributed by atoms with Crippen molar-refractivity contribution in [3.8, 4) is 0 Å². The van der Waals surface area contributed by atoms with Crippen molar-refractivity contribution in [2.45, 2.75) is 24.9 Å². The van der Waals surface area contributed by atoms with Crippen LogP contribution in [0.3, 0.4) is 0 Å². The van der Waals surface area contributed by atoms with E-state index in [0.29, 0.717) is 51.2 Å². The van der Waals surface area contributed by atoms with E-state index < -0.39 is 15.6 Å². The van der Waals surface area contributed by atoms with Crippen LogP contribution >= 0.6 is 0 Å². The van der Waals surface area contributed by atoms with Crippen molar-refractivity contribution < 1.29 is 22.3 Å². The molecule has 2 heterocycles. The van der Waals surface area contributed by atoms with Gasteiger partial charge in [0.1, 0.15) is 5.82 Å². The molecule has 3 rings (SSSR count). The van der Waals surface area contributed by atoms with Crippen LogP contribution in [0.5, 0.6) is 0 Å². The molecule has 0 saturated carbocycles. The minimum absolute atomic E-state index is 0.0567. The molecule has 0 aliphatic carbocycles. The molecule has 2 aliphatic rings. The van der Waals surface area contributed by atoms with Gasteiger partial charge in [0.05, 0.1) is 24.9 Å². The van der Waals surface area contributed by atoms with Gasteiger partial charge in [-0.2, -0.15) is 0 Å². The minimum atomic E-state index is -3.19. The molecule has 25 heavy (non-hydrogen) atoms. The molecule has 2 saturated heterocycles. The Hall–Kier alpha value is -1.51. The van der Waals surface area contributed by atoms with Crippen molar-refractivity contribution in [3.63, 3.8) is 0 Å². The monoisotopic (exact) mass is 370 g/mol. The summed E-state index contributed by atoms with van der Waals surface area (Å²) in [4.78, 5) is 14.3. The fourth-order valence-electron chi connectivity index (χ4n) is 3.52. The van der Waals surface area contributed by atoms with Crippen LogP contribution in [0.4, 0.5) is 4.39 Å². The quantitative estimate of drug-likeness (QED) is 0.797. The summed E-state index contributed by atoms with van der Waals surface area (Å²) in [6.45, 7) is 2.22. The summed E-state index contributed by atoms with van der Waals surface area (Å²) in [5.41, 5.74) is 0.175. The Bertz CT molecular complexity index is 745. The van der Waals surface area contributed by atoms with Crippen LogP contribution in [0, 0.1) is 5.82 Å². The number of halogens is 1. The second-order valence-electron chi connectivity index (χ2n) is 6.82. The van der Waals surface area contributed by atoms with E-state index in [1.54, 1.807) is 17.0 Å². The number of hydrogen-bond acceptors (Lipinski definition) is 4. The van der Waals surface area contributed by atoms with E-state index in [1.807, 2.05) is 0 Å². The van der Waals surface area contributed by atoms with Crippen LogP contribution in [0.2, 0.25) is 0 Å². The summed E-state index contributed by atoms with van der Waals surface area (Å²) < 4.78 is 44.0. The van der Waals surface area contributed by atoms with Gasteiger partial charge in [-0.15, -0.1) is 0 Å². The highest BCUT2D eigenvalue weighted by molar-refractivity contribution is 7.88. The molecule has 1 aromatic carbocycles. The van der Waals surface area contributed by atoms with Crippen molar-refractivity contribution in [2.24, 2.45) is 0 Å². The number of carbonyl (C=O) groups excluding carboxylic acids is 1. The third-order valence-corrected chi connectivity index (χ3v) is 6.25. The number of sulfonamides is 1. The molecule has 0 radical (unpaired) electrons. The number of piperidine rings is 1. The first-order chi connectivity index (χ1) is 11.8. The normalized spacial score (nSPS) is 21.4. The van der Waals surface area contributed by atoms with Crippen LogP contribution in [0.1, 0.15) is 18.4 Å². The van der Waals surface area contributed by atoms with Crippen molar-refractivity contribution in [1.29, 1.82) is 0 Å². The van der Waals surface area contributed by atoms with Gasteiger partial charge in [-0.3, -0.25) is 4.79 Å². The Morgan fingerprint density at radius 1 is 1.28 bits per heavy atom. The summed E-state index contributed by atoms with van der Waals surface area (Å²) in [5, 5.41) is 0. The van der Waals surface area contributed by atoms with Crippen molar-refractivity contribution in [2.75, 3.05) is 39.0 Å². The lowest BCUT2D eigenvalue weighted by molar-refractivity contribution is -0.156. The number of morpholine rings is 1. The molecule has 0 atom stereocenters. The summed E-state index contributed by atoms with van der Waals surface area (Å²) in [5.74, 6) is -0.407. The van der Waals surface area contributed by atoms with Crippen LogP contribution < -0.4 is 0 Å². The maximum atomic E-state index is 13.3. The third-order valence-electron chi connectivity index (χ3n) is 4.95. The number of amides is 1. The second-order valence-corrected chi connectivity index (χ2v) is 8.80. The molecule has 0 N–H and O–H groups in total. The molecular weight excluding hydrogens is 347 g/mol. The number of nitrogens with zero attached hydrogens (tertiary/aromatic N) is 2. The molecule has 1 aromatic rings. The Morgan fingerprint density at radius 2 is 2.00 bits per heavy atom. The fourth-order valence-corrected chi connectivity index (χ4v) is 4.36. The standard InChI is InChI=1S/C17H23FN2O4S/c1-25(22,23)20-7-5-17(6-8-20)13-19(9-10-24-17)16(21)12-14-3-2-4-15(18)11-14/h2-4,11H,5-10,12-13H2,1H3. The van der Waals surface area contributed by atoms with Gasteiger partial charge >= 0.3 is 0 Å². The Kier molecular flexibility index (Phi) is 5.13. The maximum absolute atomic E-state index is 13.3. The van der Waals surface area contributed by atoms with Gasteiger partial charge in [-0.25, -0.2) is 17.1 Å². The van der Waals surface area contributed by atoms with Gasteiger partial charge < -0.3 is 9.64 Å². The molecule has 2 fully saturated rings. The zero-order valence-electron chi connectivity index (χ0n) is 14.3. The molecule has 138 valence electrons. The summed E-state index contributed by atoms with van der Waals surface area (Å²) in [7, 11) is -3.19. The first-order valence-electron chi connectivity index (χ1n) is 8.39. The lowest BCUT2D eigenvalue weighted by Gasteiger charge is -2.46. The van der Waals surface area contributed by atoms with Crippen LogP contribution in [0.25, 0.3) is 0 Å². The van der Waals surface area contributed by atoms with Crippen LogP contribution in [-0.4, -0.2) is 68.2 Å². The highest BCUT2D eigenvalue weighted by Gasteiger charge is 2.42. The van der Waals surface area contributed by atoms with Crippen LogP contribution in [-0.2, 0) is 26.0 Å². The van der Waals surface area contributed by atoms with Gasteiger partial charge in [0, 0.05) is 26.2 Å². The lowest BCUT2D eigenvalue weighted by Crippen LogP contribution is -2.58. The fraction of sp³-hybridized carbons (Fsp3) is 0.588.